The van der Waals surface area contributed by atoms with E-state index in [-0.39, 0.29) is 23.8 Å². The van der Waals surface area contributed by atoms with Crippen LogP contribution >= 0.6 is 22.7 Å². The zero-order valence-electron chi connectivity index (χ0n) is 18.2. The molecule has 1 N–H and O–H groups in total. The maximum Gasteiger partial charge on any atom is 0.263 e. The van der Waals surface area contributed by atoms with Crippen molar-refractivity contribution in [2.24, 2.45) is 0 Å². The summed E-state index contributed by atoms with van der Waals surface area (Å²) in [6.45, 7) is 1.80. The van der Waals surface area contributed by atoms with Crippen molar-refractivity contribution in [3.05, 3.63) is 110 Å². The summed E-state index contributed by atoms with van der Waals surface area (Å²) in [6.07, 6.45) is 1.42. The predicted octanol–water partition coefficient (Wildman–Crippen LogP) is 5.54. The van der Waals surface area contributed by atoms with E-state index in [1.165, 1.54) is 45.7 Å². The van der Waals surface area contributed by atoms with E-state index in [2.05, 4.69) is 10.3 Å². The van der Waals surface area contributed by atoms with Crippen molar-refractivity contribution >= 4 is 38.8 Å². The van der Waals surface area contributed by atoms with Crippen LogP contribution in [0, 0.1) is 12.7 Å². The summed E-state index contributed by atoms with van der Waals surface area (Å²) < 4.78 is 14.8. The second-order valence-corrected chi connectivity index (χ2v) is 10.0. The van der Waals surface area contributed by atoms with E-state index in [1.54, 1.807) is 12.1 Å². The molecule has 1 amide bonds. The number of benzene rings is 2. The van der Waals surface area contributed by atoms with E-state index in [4.69, 9.17) is 0 Å². The van der Waals surface area contributed by atoms with Gasteiger partial charge in [0.05, 0.1) is 17.8 Å². The third kappa shape index (κ3) is 4.30. The van der Waals surface area contributed by atoms with E-state index >= 15 is 0 Å². The quantitative estimate of drug-likeness (QED) is 0.341. The molecule has 3 aromatic heterocycles. The summed E-state index contributed by atoms with van der Waals surface area (Å²) in [5.41, 5.74) is 2.31. The Morgan fingerprint density at radius 2 is 1.85 bits per heavy atom. The predicted molar refractivity (Wildman–Crippen MR) is 135 cm³/mol. The van der Waals surface area contributed by atoms with Gasteiger partial charge in [-0.1, -0.05) is 48.5 Å². The molecule has 8 heteroatoms. The van der Waals surface area contributed by atoms with E-state index in [1.807, 2.05) is 54.8 Å². The number of hydrogen-bond acceptors (Lipinski definition) is 5. The zero-order valence-corrected chi connectivity index (χ0v) is 19.8. The Morgan fingerprint density at radius 1 is 1.09 bits per heavy atom. The summed E-state index contributed by atoms with van der Waals surface area (Å²) in [4.78, 5) is 33.5. The van der Waals surface area contributed by atoms with Gasteiger partial charge in [0.25, 0.3) is 5.56 Å². The molecule has 0 saturated carbocycles. The monoisotopic (exact) mass is 489 g/mol. The van der Waals surface area contributed by atoms with Crippen molar-refractivity contribution in [1.29, 1.82) is 0 Å². The minimum absolute atomic E-state index is 0.173. The highest BCUT2D eigenvalue weighted by Crippen LogP contribution is 2.35. The summed E-state index contributed by atoms with van der Waals surface area (Å²) in [5, 5.41) is 5.44. The van der Waals surface area contributed by atoms with E-state index in [9.17, 15) is 14.0 Å². The Balaban J connectivity index is 1.47. The number of nitrogens with zero attached hydrogens (tertiary/aromatic N) is 2. The van der Waals surface area contributed by atoms with Crippen molar-refractivity contribution < 1.29 is 9.18 Å². The third-order valence-corrected chi connectivity index (χ3v) is 7.52. The molecule has 0 saturated heterocycles. The zero-order chi connectivity index (χ0) is 23.7. The number of halogens is 1. The molecule has 5 nitrogen and oxygen atoms in total. The van der Waals surface area contributed by atoms with E-state index < -0.39 is 6.04 Å². The lowest BCUT2D eigenvalue weighted by Gasteiger charge is -2.18. The fraction of sp³-hybridized carbons (Fsp3) is 0.115. The van der Waals surface area contributed by atoms with Gasteiger partial charge in [-0.05, 0) is 41.6 Å². The molecule has 170 valence electrons. The standard InChI is InChI=1S/C26H20FN3O2S2/c1-16-22(17-6-3-2-4-7-17)23-25(34-16)28-15-30(26(23)32)14-21(31)29-24(20-8-5-13-33-20)18-9-11-19(27)12-10-18/h2-13,15,24H,14H2,1H3,(H,29,31). The van der Waals surface area contributed by atoms with Gasteiger partial charge in [-0.2, -0.15) is 0 Å². The summed E-state index contributed by atoms with van der Waals surface area (Å²) in [6, 6.07) is 19.1. The fourth-order valence-electron chi connectivity index (χ4n) is 3.99. The number of hydrogen-bond donors (Lipinski definition) is 1. The van der Waals surface area contributed by atoms with Gasteiger partial charge >= 0.3 is 0 Å². The molecule has 0 aliphatic carbocycles. The number of nitrogens with one attached hydrogen (secondary N) is 1. The number of thiophene rings is 2. The average molecular weight is 490 g/mol. The molecule has 0 aliphatic rings. The molecule has 34 heavy (non-hydrogen) atoms. The van der Waals surface area contributed by atoms with Crippen LogP contribution in [0.2, 0.25) is 0 Å². The number of carbonyl (C=O) groups is 1. The van der Waals surface area contributed by atoms with Crippen LogP contribution in [0.3, 0.4) is 0 Å². The highest BCUT2D eigenvalue weighted by molar-refractivity contribution is 7.19. The molecule has 1 unspecified atom stereocenters. The second-order valence-electron chi connectivity index (χ2n) is 7.82. The van der Waals surface area contributed by atoms with Gasteiger partial charge in [-0.25, -0.2) is 9.37 Å². The third-order valence-electron chi connectivity index (χ3n) is 5.57. The first-order chi connectivity index (χ1) is 16.5. The minimum Gasteiger partial charge on any atom is -0.343 e. The molecular formula is C26H20FN3O2S2. The van der Waals surface area contributed by atoms with Crippen LogP contribution in [0.4, 0.5) is 4.39 Å². The Labute approximate surface area is 203 Å². The summed E-state index contributed by atoms with van der Waals surface area (Å²) >= 11 is 2.97. The van der Waals surface area contributed by atoms with Crippen LogP contribution in [-0.2, 0) is 11.3 Å². The molecule has 5 rings (SSSR count). The summed E-state index contributed by atoms with van der Waals surface area (Å²) in [7, 11) is 0. The number of rotatable bonds is 6. The van der Waals surface area contributed by atoms with Crippen LogP contribution in [0.5, 0.6) is 0 Å². The van der Waals surface area contributed by atoms with Crippen LogP contribution in [0.15, 0.2) is 83.2 Å². The maximum absolute atomic E-state index is 13.4. The highest BCUT2D eigenvalue weighted by atomic mass is 32.1. The molecule has 0 radical (unpaired) electrons. The van der Waals surface area contributed by atoms with Crippen molar-refractivity contribution in [2.75, 3.05) is 0 Å². The maximum atomic E-state index is 13.4. The molecule has 0 fully saturated rings. The van der Waals surface area contributed by atoms with Gasteiger partial charge in [0.15, 0.2) is 0 Å². The van der Waals surface area contributed by atoms with Crippen LogP contribution in [-0.4, -0.2) is 15.5 Å². The van der Waals surface area contributed by atoms with Crippen LogP contribution in [0.25, 0.3) is 21.3 Å². The fourth-order valence-corrected chi connectivity index (χ4v) is 5.80. The Morgan fingerprint density at radius 3 is 2.56 bits per heavy atom. The average Bonchev–Trinajstić information content (AvgIpc) is 3.49. The second kappa shape index (κ2) is 9.32. The molecule has 3 heterocycles. The number of amides is 1. The Bertz CT molecular complexity index is 1510. The lowest BCUT2D eigenvalue weighted by molar-refractivity contribution is -0.122. The smallest absolute Gasteiger partial charge is 0.263 e. The normalized spacial score (nSPS) is 12.1. The Kier molecular flexibility index (Phi) is 6.08. The largest absolute Gasteiger partial charge is 0.343 e. The Hall–Kier alpha value is -3.62. The van der Waals surface area contributed by atoms with Gasteiger partial charge in [0.1, 0.15) is 17.2 Å². The molecular weight excluding hydrogens is 469 g/mol. The lowest BCUT2D eigenvalue weighted by Crippen LogP contribution is -2.35. The van der Waals surface area contributed by atoms with Gasteiger partial charge in [-0.3, -0.25) is 14.2 Å². The first-order valence-corrected chi connectivity index (χ1v) is 12.3. The van der Waals surface area contributed by atoms with Crippen LogP contribution < -0.4 is 10.9 Å². The molecule has 0 aliphatic heterocycles. The first kappa shape index (κ1) is 22.2. The molecule has 0 spiro atoms. The van der Waals surface area contributed by atoms with Gasteiger partial charge in [0.2, 0.25) is 5.91 Å². The molecule has 1 atom stereocenters. The van der Waals surface area contributed by atoms with Crippen molar-refractivity contribution in [2.45, 2.75) is 19.5 Å². The van der Waals surface area contributed by atoms with Crippen molar-refractivity contribution in [1.82, 2.24) is 14.9 Å². The topological polar surface area (TPSA) is 64.0 Å². The van der Waals surface area contributed by atoms with Crippen molar-refractivity contribution in [3.8, 4) is 11.1 Å². The first-order valence-electron chi connectivity index (χ1n) is 10.6. The number of fused-ring (bicyclic) bond motifs is 1. The molecule has 2 aromatic carbocycles. The SMILES string of the molecule is Cc1sc2ncn(CC(=O)NC(c3ccc(F)cc3)c3cccs3)c(=O)c2c1-c1ccccc1. The minimum atomic E-state index is -0.441. The van der Waals surface area contributed by atoms with Crippen LogP contribution in [0.1, 0.15) is 21.4 Å². The number of aromatic nitrogens is 2. The number of aryl methyl sites for hydroxylation is 1. The van der Waals surface area contributed by atoms with Gasteiger partial charge in [-0.15, -0.1) is 22.7 Å². The van der Waals surface area contributed by atoms with E-state index in [0.717, 1.165) is 26.4 Å². The highest BCUT2D eigenvalue weighted by Gasteiger charge is 2.21. The molecule has 0 bridgehead atoms. The summed E-state index contributed by atoms with van der Waals surface area (Å²) in [5.74, 6) is -0.676. The number of carbonyl (C=O) groups excluding carboxylic acids is 1. The van der Waals surface area contributed by atoms with Gasteiger partial charge in [0, 0.05) is 15.3 Å². The van der Waals surface area contributed by atoms with Gasteiger partial charge < -0.3 is 5.32 Å². The van der Waals surface area contributed by atoms with E-state index in [0.29, 0.717) is 10.2 Å². The molecule has 5 aromatic rings. The lowest BCUT2D eigenvalue weighted by atomic mass is 10.0. The van der Waals surface area contributed by atoms with Crippen molar-refractivity contribution in [3.63, 3.8) is 0 Å².